The zero-order valence-corrected chi connectivity index (χ0v) is 10.5. The second-order valence-electron chi connectivity index (χ2n) is 3.77. The van der Waals surface area contributed by atoms with Crippen molar-refractivity contribution in [2.75, 3.05) is 18.5 Å². The molecule has 0 saturated carbocycles. The van der Waals surface area contributed by atoms with E-state index >= 15 is 0 Å². The minimum Gasteiger partial charge on any atom is -0.399 e. The molecule has 3 N–H and O–H groups in total. The Morgan fingerprint density at radius 2 is 2.31 bits per heavy atom. The van der Waals surface area contributed by atoms with Crippen molar-refractivity contribution in [3.63, 3.8) is 0 Å². The van der Waals surface area contributed by atoms with Gasteiger partial charge in [-0.15, -0.1) is 0 Å². The number of anilines is 1. The fraction of sp³-hybridized carbons (Fsp3) is 0.417. The molecule has 0 fully saturated rings. The number of carbonyl (C=O) groups excluding carboxylic acids is 1. The highest BCUT2D eigenvalue weighted by molar-refractivity contribution is 7.99. The van der Waals surface area contributed by atoms with Gasteiger partial charge in [0.1, 0.15) is 0 Å². The van der Waals surface area contributed by atoms with Gasteiger partial charge in [-0.1, -0.05) is 19.1 Å². The third-order valence-corrected chi connectivity index (χ3v) is 3.28. The average molecular weight is 238 g/mol. The van der Waals surface area contributed by atoms with E-state index in [-0.39, 0.29) is 5.91 Å². The molecule has 0 aliphatic carbocycles. The molecule has 0 heterocycles. The zero-order chi connectivity index (χ0) is 12.0. The number of amides is 1. The highest BCUT2D eigenvalue weighted by Crippen LogP contribution is 2.07. The van der Waals surface area contributed by atoms with Crippen molar-refractivity contribution < 1.29 is 4.79 Å². The van der Waals surface area contributed by atoms with Gasteiger partial charge in [0, 0.05) is 17.5 Å². The summed E-state index contributed by atoms with van der Waals surface area (Å²) >= 11 is 1.74. The standard InChI is InChI=1S/C12H18N2OS/c1-9(16-2)8-14-12(15)7-10-4-3-5-11(13)6-10/h3-6,9H,7-8,13H2,1-2H3,(H,14,15). The molecule has 4 heteroatoms. The first-order valence-electron chi connectivity index (χ1n) is 5.25. The van der Waals surface area contributed by atoms with Crippen molar-refractivity contribution in [3.05, 3.63) is 29.8 Å². The quantitative estimate of drug-likeness (QED) is 0.767. The topological polar surface area (TPSA) is 55.1 Å². The van der Waals surface area contributed by atoms with Crippen LogP contribution in [0.2, 0.25) is 0 Å². The Morgan fingerprint density at radius 3 is 2.94 bits per heavy atom. The Morgan fingerprint density at radius 1 is 1.56 bits per heavy atom. The number of nitrogen functional groups attached to an aromatic ring is 1. The minimum atomic E-state index is 0.0477. The van der Waals surface area contributed by atoms with Gasteiger partial charge in [0.05, 0.1) is 6.42 Å². The molecule has 0 bridgehead atoms. The molecular weight excluding hydrogens is 220 g/mol. The predicted octanol–water partition coefficient (Wildman–Crippen LogP) is 1.68. The van der Waals surface area contributed by atoms with Gasteiger partial charge in [0.15, 0.2) is 0 Å². The summed E-state index contributed by atoms with van der Waals surface area (Å²) in [6.45, 7) is 2.80. The van der Waals surface area contributed by atoms with Gasteiger partial charge in [0.25, 0.3) is 0 Å². The molecule has 0 radical (unpaired) electrons. The van der Waals surface area contributed by atoms with Crippen molar-refractivity contribution in [3.8, 4) is 0 Å². The summed E-state index contributed by atoms with van der Waals surface area (Å²) in [4.78, 5) is 11.6. The molecule has 16 heavy (non-hydrogen) atoms. The number of benzene rings is 1. The van der Waals surface area contributed by atoms with E-state index in [4.69, 9.17) is 5.73 Å². The summed E-state index contributed by atoms with van der Waals surface area (Å²) in [7, 11) is 0. The fourth-order valence-corrected chi connectivity index (χ4v) is 1.54. The second kappa shape index (κ2) is 6.43. The van der Waals surface area contributed by atoms with E-state index in [9.17, 15) is 4.79 Å². The highest BCUT2D eigenvalue weighted by atomic mass is 32.2. The number of rotatable bonds is 5. The second-order valence-corrected chi connectivity index (χ2v) is 5.05. The minimum absolute atomic E-state index is 0.0477. The molecule has 1 atom stereocenters. The molecule has 88 valence electrons. The third-order valence-electron chi connectivity index (χ3n) is 2.30. The first kappa shape index (κ1) is 12.9. The Labute approximate surface area is 101 Å². The Bertz CT molecular complexity index is 355. The molecule has 0 aromatic heterocycles. The van der Waals surface area contributed by atoms with E-state index in [1.54, 1.807) is 11.8 Å². The van der Waals surface area contributed by atoms with Crippen molar-refractivity contribution in [2.24, 2.45) is 0 Å². The van der Waals surface area contributed by atoms with E-state index < -0.39 is 0 Å². The molecule has 0 aliphatic rings. The summed E-state index contributed by atoms with van der Waals surface area (Å²) in [6, 6.07) is 7.42. The van der Waals surface area contributed by atoms with Crippen LogP contribution in [0.4, 0.5) is 5.69 Å². The van der Waals surface area contributed by atoms with Gasteiger partial charge in [0.2, 0.25) is 5.91 Å². The van der Waals surface area contributed by atoms with Gasteiger partial charge >= 0.3 is 0 Å². The summed E-state index contributed by atoms with van der Waals surface area (Å²) in [5.74, 6) is 0.0477. The molecule has 1 aromatic rings. The number of hydrogen-bond donors (Lipinski definition) is 2. The normalized spacial score (nSPS) is 12.1. The molecule has 1 aromatic carbocycles. The molecular formula is C12H18N2OS. The smallest absolute Gasteiger partial charge is 0.224 e. The molecule has 1 unspecified atom stereocenters. The Kier molecular flexibility index (Phi) is 5.19. The Hall–Kier alpha value is -1.16. The van der Waals surface area contributed by atoms with Crippen LogP contribution in [0.15, 0.2) is 24.3 Å². The van der Waals surface area contributed by atoms with Crippen molar-refractivity contribution in [2.45, 2.75) is 18.6 Å². The van der Waals surface area contributed by atoms with E-state index in [0.29, 0.717) is 23.9 Å². The molecule has 1 amide bonds. The SMILES string of the molecule is CSC(C)CNC(=O)Cc1cccc(N)c1. The fourth-order valence-electron chi connectivity index (χ4n) is 1.29. The van der Waals surface area contributed by atoms with Crippen LogP contribution in [-0.2, 0) is 11.2 Å². The van der Waals surface area contributed by atoms with Crippen LogP contribution in [0.5, 0.6) is 0 Å². The summed E-state index contributed by atoms with van der Waals surface area (Å²) < 4.78 is 0. The number of nitrogens with two attached hydrogens (primary N) is 1. The lowest BCUT2D eigenvalue weighted by atomic mass is 10.1. The monoisotopic (exact) mass is 238 g/mol. The summed E-state index contributed by atoms with van der Waals surface area (Å²) in [5, 5.41) is 3.35. The first-order valence-corrected chi connectivity index (χ1v) is 6.54. The Balaban J connectivity index is 2.40. The zero-order valence-electron chi connectivity index (χ0n) is 9.69. The lowest BCUT2D eigenvalue weighted by Crippen LogP contribution is -2.30. The van der Waals surface area contributed by atoms with Crippen LogP contribution >= 0.6 is 11.8 Å². The summed E-state index contributed by atoms with van der Waals surface area (Å²) in [5.41, 5.74) is 7.29. The predicted molar refractivity (Wildman–Crippen MR) is 70.5 cm³/mol. The largest absolute Gasteiger partial charge is 0.399 e. The van der Waals surface area contributed by atoms with Gasteiger partial charge in [-0.25, -0.2) is 0 Å². The maximum Gasteiger partial charge on any atom is 0.224 e. The van der Waals surface area contributed by atoms with Crippen LogP contribution in [0.1, 0.15) is 12.5 Å². The first-order chi connectivity index (χ1) is 7.61. The van der Waals surface area contributed by atoms with Crippen LogP contribution in [0.25, 0.3) is 0 Å². The van der Waals surface area contributed by atoms with Crippen molar-refractivity contribution in [1.29, 1.82) is 0 Å². The van der Waals surface area contributed by atoms with Crippen LogP contribution in [0.3, 0.4) is 0 Å². The van der Waals surface area contributed by atoms with Crippen LogP contribution in [0, 0.1) is 0 Å². The molecule has 0 aliphatic heterocycles. The van der Waals surface area contributed by atoms with E-state index in [0.717, 1.165) is 5.56 Å². The van der Waals surface area contributed by atoms with Crippen LogP contribution < -0.4 is 11.1 Å². The lowest BCUT2D eigenvalue weighted by molar-refractivity contribution is -0.120. The number of nitrogens with one attached hydrogen (secondary N) is 1. The number of carbonyl (C=O) groups is 1. The van der Waals surface area contributed by atoms with Gasteiger partial charge in [-0.2, -0.15) is 11.8 Å². The van der Waals surface area contributed by atoms with Gasteiger partial charge < -0.3 is 11.1 Å². The third kappa shape index (κ3) is 4.57. The summed E-state index contributed by atoms with van der Waals surface area (Å²) in [6.07, 6.45) is 2.43. The van der Waals surface area contributed by atoms with Crippen molar-refractivity contribution >= 4 is 23.4 Å². The molecule has 0 saturated heterocycles. The lowest BCUT2D eigenvalue weighted by Gasteiger charge is -2.09. The van der Waals surface area contributed by atoms with Crippen LogP contribution in [-0.4, -0.2) is 24.0 Å². The molecule has 0 spiro atoms. The van der Waals surface area contributed by atoms with Gasteiger partial charge in [-0.05, 0) is 24.0 Å². The molecule has 3 nitrogen and oxygen atoms in total. The van der Waals surface area contributed by atoms with E-state index in [1.165, 1.54) is 0 Å². The number of hydrogen-bond acceptors (Lipinski definition) is 3. The average Bonchev–Trinajstić information content (AvgIpc) is 2.26. The maximum absolute atomic E-state index is 11.6. The number of thioether (sulfide) groups is 1. The highest BCUT2D eigenvalue weighted by Gasteiger charge is 2.05. The maximum atomic E-state index is 11.6. The van der Waals surface area contributed by atoms with Gasteiger partial charge in [-0.3, -0.25) is 4.79 Å². The van der Waals surface area contributed by atoms with E-state index in [1.807, 2.05) is 30.5 Å². The van der Waals surface area contributed by atoms with Crippen molar-refractivity contribution in [1.82, 2.24) is 5.32 Å². The van der Waals surface area contributed by atoms with E-state index in [2.05, 4.69) is 12.2 Å². The molecule has 1 rings (SSSR count).